The van der Waals surface area contributed by atoms with Gasteiger partial charge in [-0.1, -0.05) is 30.3 Å². The summed E-state index contributed by atoms with van der Waals surface area (Å²) in [5, 5.41) is 5.48. The van der Waals surface area contributed by atoms with Crippen molar-refractivity contribution in [3.8, 4) is 0 Å². The molecule has 3 aromatic rings. The molecular formula is C20H19N3O2S. The molecule has 0 unspecified atom stereocenters. The van der Waals surface area contributed by atoms with Gasteiger partial charge in [-0.2, -0.15) is 0 Å². The normalized spacial score (nSPS) is 13.6. The Morgan fingerprint density at radius 3 is 2.65 bits per heavy atom. The van der Waals surface area contributed by atoms with Crippen LogP contribution < -0.4 is 5.32 Å². The molecule has 1 heterocycles. The molecule has 1 aliphatic rings. The Labute approximate surface area is 155 Å². The Bertz CT molecular complexity index is 978. The zero-order chi connectivity index (χ0) is 18.1. The number of aryl methyl sites for hydroxylation is 1. The Hall–Kier alpha value is -2.73. The third-order valence-corrected chi connectivity index (χ3v) is 5.25. The van der Waals surface area contributed by atoms with Crippen molar-refractivity contribution in [2.75, 3.05) is 11.9 Å². The number of benzene rings is 2. The first-order valence-electron chi connectivity index (χ1n) is 8.62. The zero-order valence-electron chi connectivity index (χ0n) is 14.4. The Kier molecular flexibility index (Phi) is 4.42. The van der Waals surface area contributed by atoms with Crippen molar-refractivity contribution >= 4 is 39.1 Å². The molecule has 2 aromatic carbocycles. The van der Waals surface area contributed by atoms with Crippen LogP contribution in [0.25, 0.3) is 10.8 Å². The van der Waals surface area contributed by atoms with E-state index in [-0.39, 0.29) is 24.4 Å². The van der Waals surface area contributed by atoms with Crippen LogP contribution in [0.1, 0.15) is 28.1 Å². The van der Waals surface area contributed by atoms with Crippen LogP contribution in [0.2, 0.25) is 0 Å². The Morgan fingerprint density at radius 1 is 1.19 bits per heavy atom. The minimum atomic E-state index is -0.208. The smallest absolute Gasteiger partial charge is 0.254 e. The molecule has 0 aliphatic heterocycles. The molecule has 0 spiro atoms. The van der Waals surface area contributed by atoms with E-state index in [1.54, 1.807) is 11.1 Å². The summed E-state index contributed by atoms with van der Waals surface area (Å²) in [6, 6.07) is 13.8. The number of hydrogen-bond acceptors (Lipinski definition) is 4. The van der Waals surface area contributed by atoms with Crippen LogP contribution in [0.3, 0.4) is 0 Å². The molecule has 1 aliphatic carbocycles. The quantitative estimate of drug-likeness (QED) is 0.747. The number of fused-ring (bicyclic) bond motifs is 1. The van der Waals surface area contributed by atoms with Crippen LogP contribution in [0, 0.1) is 6.92 Å². The van der Waals surface area contributed by atoms with Crippen LogP contribution in [0.4, 0.5) is 5.13 Å². The maximum absolute atomic E-state index is 13.0. The van der Waals surface area contributed by atoms with Gasteiger partial charge in [0, 0.05) is 22.7 Å². The summed E-state index contributed by atoms with van der Waals surface area (Å²) in [5.41, 5.74) is 0.619. The van der Waals surface area contributed by atoms with E-state index >= 15 is 0 Å². The predicted octanol–water partition coefficient (Wildman–Crippen LogP) is 3.85. The summed E-state index contributed by atoms with van der Waals surface area (Å²) in [4.78, 5) is 32.2. The van der Waals surface area contributed by atoms with Gasteiger partial charge in [0.15, 0.2) is 5.13 Å². The average molecular weight is 365 g/mol. The predicted molar refractivity (Wildman–Crippen MR) is 103 cm³/mol. The third kappa shape index (κ3) is 3.60. The molecule has 4 rings (SSSR count). The first-order valence-corrected chi connectivity index (χ1v) is 9.44. The first-order chi connectivity index (χ1) is 12.6. The van der Waals surface area contributed by atoms with Gasteiger partial charge in [0.1, 0.15) is 6.54 Å². The van der Waals surface area contributed by atoms with Crippen LogP contribution >= 0.6 is 11.3 Å². The summed E-state index contributed by atoms with van der Waals surface area (Å²) in [5.74, 6) is -0.302. The van der Waals surface area contributed by atoms with E-state index in [0.29, 0.717) is 10.7 Å². The van der Waals surface area contributed by atoms with Gasteiger partial charge in [0.25, 0.3) is 5.91 Å². The molecular weight excluding hydrogens is 346 g/mol. The van der Waals surface area contributed by atoms with E-state index in [1.165, 1.54) is 11.3 Å². The molecule has 0 bridgehead atoms. The van der Waals surface area contributed by atoms with Gasteiger partial charge in [-0.3, -0.25) is 9.59 Å². The maximum atomic E-state index is 13.0. The fourth-order valence-electron chi connectivity index (χ4n) is 2.97. The molecule has 1 aromatic heterocycles. The lowest BCUT2D eigenvalue weighted by molar-refractivity contribution is -0.117. The first kappa shape index (κ1) is 16.7. The Morgan fingerprint density at radius 2 is 1.96 bits per heavy atom. The summed E-state index contributed by atoms with van der Waals surface area (Å²) < 4.78 is 0. The highest BCUT2D eigenvalue weighted by Gasteiger charge is 2.34. The van der Waals surface area contributed by atoms with Gasteiger partial charge in [-0.15, -0.1) is 11.3 Å². The largest absolute Gasteiger partial charge is 0.326 e. The van der Waals surface area contributed by atoms with Crippen LogP contribution in [-0.4, -0.2) is 34.3 Å². The lowest BCUT2D eigenvalue weighted by Crippen LogP contribution is -2.39. The van der Waals surface area contributed by atoms with Gasteiger partial charge in [0.2, 0.25) is 5.91 Å². The molecule has 1 fully saturated rings. The number of amides is 2. The van der Waals surface area contributed by atoms with E-state index in [9.17, 15) is 9.59 Å². The van der Waals surface area contributed by atoms with E-state index in [1.807, 2.05) is 49.4 Å². The number of nitrogens with one attached hydrogen (secondary N) is 1. The lowest BCUT2D eigenvalue weighted by atomic mass is 10.1. The minimum absolute atomic E-state index is 0.0506. The summed E-state index contributed by atoms with van der Waals surface area (Å²) in [7, 11) is 0. The molecule has 1 N–H and O–H groups in total. The molecule has 0 radical (unpaired) electrons. The highest BCUT2D eigenvalue weighted by atomic mass is 32.1. The second kappa shape index (κ2) is 6.88. The monoisotopic (exact) mass is 365 g/mol. The topological polar surface area (TPSA) is 62.3 Å². The summed E-state index contributed by atoms with van der Waals surface area (Å²) >= 11 is 1.43. The molecule has 132 valence electrons. The lowest BCUT2D eigenvalue weighted by Gasteiger charge is -2.22. The van der Waals surface area contributed by atoms with Crippen molar-refractivity contribution in [2.45, 2.75) is 25.8 Å². The van der Waals surface area contributed by atoms with Crippen molar-refractivity contribution in [1.29, 1.82) is 0 Å². The van der Waals surface area contributed by atoms with Crippen LogP contribution in [0.15, 0.2) is 48.7 Å². The Balaban J connectivity index is 1.51. The number of carbonyl (C=O) groups is 2. The highest BCUT2D eigenvalue weighted by molar-refractivity contribution is 7.15. The van der Waals surface area contributed by atoms with Crippen LogP contribution in [-0.2, 0) is 4.79 Å². The van der Waals surface area contributed by atoms with Gasteiger partial charge >= 0.3 is 0 Å². The van der Waals surface area contributed by atoms with E-state index in [2.05, 4.69) is 10.3 Å². The molecule has 1 saturated carbocycles. The van der Waals surface area contributed by atoms with Gasteiger partial charge in [0.05, 0.1) is 0 Å². The summed E-state index contributed by atoms with van der Waals surface area (Å²) in [6.45, 7) is 1.99. The van der Waals surface area contributed by atoms with Crippen LogP contribution in [0.5, 0.6) is 0 Å². The number of nitrogens with zero attached hydrogens (tertiary/aromatic N) is 2. The number of rotatable bonds is 5. The van der Waals surface area contributed by atoms with Gasteiger partial charge in [-0.25, -0.2) is 4.98 Å². The molecule has 5 nitrogen and oxygen atoms in total. The van der Waals surface area contributed by atoms with Gasteiger partial charge in [-0.05, 0) is 42.7 Å². The highest BCUT2D eigenvalue weighted by Crippen LogP contribution is 2.29. The van der Waals surface area contributed by atoms with Crippen molar-refractivity contribution in [2.24, 2.45) is 0 Å². The number of carbonyl (C=O) groups excluding carboxylic acids is 2. The number of hydrogen-bond donors (Lipinski definition) is 1. The minimum Gasteiger partial charge on any atom is -0.326 e. The van der Waals surface area contributed by atoms with Crippen molar-refractivity contribution < 1.29 is 9.59 Å². The maximum Gasteiger partial charge on any atom is 0.254 e. The molecule has 6 heteroatoms. The number of thiazole rings is 1. The van der Waals surface area contributed by atoms with E-state index in [0.717, 1.165) is 28.5 Å². The van der Waals surface area contributed by atoms with Crippen molar-refractivity contribution in [1.82, 2.24) is 9.88 Å². The second-order valence-electron chi connectivity index (χ2n) is 6.55. The summed E-state index contributed by atoms with van der Waals surface area (Å²) in [6.07, 6.45) is 3.62. The molecule has 2 amide bonds. The van der Waals surface area contributed by atoms with E-state index in [4.69, 9.17) is 0 Å². The number of anilines is 1. The standard InChI is InChI=1S/C20H19N3O2S/c1-13-11-21-20(26-13)22-18(24)12-23(17-8-9-17)19(25)16-7-6-14-4-2-3-5-15(14)10-16/h2-7,10-11,17H,8-9,12H2,1H3,(H,21,22,24). The van der Waals surface area contributed by atoms with E-state index < -0.39 is 0 Å². The molecule has 0 atom stereocenters. The zero-order valence-corrected chi connectivity index (χ0v) is 15.3. The SMILES string of the molecule is Cc1cnc(NC(=O)CN(C(=O)c2ccc3ccccc3c2)C2CC2)s1. The number of aromatic nitrogens is 1. The van der Waals surface area contributed by atoms with Crippen molar-refractivity contribution in [3.63, 3.8) is 0 Å². The second-order valence-corrected chi connectivity index (χ2v) is 7.79. The van der Waals surface area contributed by atoms with Crippen molar-refractivity contribution in [3.05, 3.63) is 59.1 Å². The molecule has 0 saturated heterocycles. The average Bonchev–Trinajstić information content (AvgIpc) is 3.41. The fraction of sp³-hybridized carbons (Fsp3) is 0.250. The fourth-order valence-corrected chi connectivity index (χ4v) is 3.65. The third-order valence-electron chi connectivity index (χ3n) is 4.43. The van der Waals surface area contributed by atoms with Gasteiger partial charge < -0.3 is 10.2 Å². The molecule has 26 heavy (non-hydrogen) atoms.